The largest absolute Gasteiger partial charge is 0.457 e. The van der Waals surface area contributed by atoms with Gasteiger partial charge in [-0.2, -0.15) is 0 Å². The van der Waals surface area contributed by atoms with Crippen molar-refractivity contribution in [1.82, 2.24) is 4.57 Å². The summed E-state index contributed by atoms with van der Waals surface area (Å²) in [5, 5.41) is 4.95. The maximum absolute atomic E-state index is 6.79. The SMILES string of the molecule is c1ccc(C2(c3ccccc3)c3ccccc3Oc3cc(-c4ccc5c(c4)c4ccccc4n5-c4ccc5ccccc5c4)ccc32)cc1. The van der Waals surface area contributed by atoms with Crippen LogP contribution >= 0.6 is 0 Å². The van der Waals surface area contributed by atoms with Crippen LogP contribution in [-0.2, 0) is 5.41 Å². The van der Waals surface area contributed by atoms with E-state index in [9.17, 15) is 0 Å². The molecule has 0 amide bonds. The van der Waals surface area contributed by atoms with Crippen LogP contribution in [0.5, 0.6) is 11.5 Å². The predicted octanol–water partition coefficient (Wildman–Crippen LogP) is 12.1. The normalized spacial score (nSPS) is 13.2. The molecule has 0 saturated heterocycles. The Morgan fingerprint density at radius 2 is 1.00 bits per heavy atom. The first-order valence-electron chi connectivity index (χ1n) is 16.8. The first kappa shape index (κ1) is 27.7. The third kappa shape index (κ3) is 4.14. The molecule has 0 fully saturated rings. The summed E-state index contributed by atoms with van der Waals surface area (Å²) in [6.07, 6.45) is 0. The fraction of sp³-hybridized carbons (Fsp3) is 0.0213. The molecule has 1 aliphatic rings. The molecule has 0 unspecified atom stereocenters. The average Bonchev–Trinajstić information content (AvgIpc) is 3.51. The number of hydrogen-bond acceptors (Lipinski definition) is 1. The third-order valence-electron chi connectivity index (χ3n) is 10.3. The zero-order valence-electron chi connectivity index (χ0n) is 26.8. The Morgan fingerprint density at radius 3 is 1.82 bits per heavy atom. The van der Waals surface area contributed by atoms with Gasteiger partial charge in [-0.3, -0.25) is 0 Å². The van der Waals surface area contributed by atoms with Gasteiger partial charge in [0.2, 0.25) is 0 Å². The molecular formula is C47H31NO. The molecule has 1 aromatic heterocycles. The molecule has 1 aliphatic heterocycles. The van der Waals surface area contributed by atoms with Crippen molar-refractivity contribution in [3.05, 3.63) is 210 Å². The van der Waals surface area contributed by atoms with Gasteiger partial charge in [0.15, 0.2) is 0 Å². The molecule has 2 heteroatoms. The van der Waals surface area contributed by atoms with Crippen molar-refractivity contribution >= 4 is 32.6 Å². The molecule has 0 aliphatic carbocycles. The molecule has 0 bridgehead atoms. The van der Waals surface area contributed by atoms with E-state index in [4.69, 9.17) is 4.74 Å². The van der Waals surface area contributed by atoms with Crippen molar-refractivity contribution in [3.8, 4) is 28.3 Å². The molecule has 0 radical (unpaired) electrons. The molecular weight excluding hydrogens is 595 g/mol. The Balaban J connectivity index is 1.17. The monoisotopic (exact) mass is 625 g/mol. The van der Waals surface area contributed by atoms with Crippen LogP contribution in [-0.4, -0.2) is 4.57 Å². The van der Waals surface area contributed by atoms with Gasteiger partial charge in [-0.25, -0.2) is 0 Å². The fourth-order valence-electron chi connectivity index (χ4n) is 8.14. The van der Waals surface area contributed by atoms with Crippen molar-refractivity contribution in [2.45, 2.75) is 5.41 Å². The van der Waals surface area contributed by atoms with Crippen LogP contribution in [0.4, 0.5) is 0 Å². The highest BCUT2D eigenvalue weighted by Crippen LogP contribution is 2.55. The van der Waals surface area contributed by atoms with Gasteiger partial charge in [0, 0.05) is 27.6 Å². The summed E-state index contributed by atoms with van der Waals surface area (Å²) in [4.78, 5) is 0. The van der Waals surface area contributed by atoms with Gasteiger partial charge in [0.25, 0.3) is 0 Å². The van der Waals surface area contributed by atoms with E-state index >= 15 is 0 Å². The maximum atomic E-state index is 6.79. The van der Waals surface area contributed by atoms with Crippen LogP contribution in [0, 0.1) is 0 Å². The predicted molar refractivity (Wildman–Crippen MR) is 202 cm³/mol. The second-order valence-electron chi connectivity index (χ2n) is 12.9. The van der Waals surface area contributed by atoms with Gasteiger partial charge in [0.1, 0.15) is 11.5 Å². The van der Waals surface area contributed by atoms with E-state index in [0.717, 1.165) is 39.4 Å². The number of fused-ring (bicyclic) bond motifs is 6. The van der Waals surface area contributed by atoms with Crippen LogP contribution in [0.3, 0.4) is 0 Å². The van der Waals surface area contributed by atoms with Crippen molar-refractivity contribution in [2.75, 3.05) is 0 Å². The molecule has 9 aromatic rings. The van der Waals surface area contributed by atoms with E-state index in [1.807, 2.05) is 0 Å². The standard InChI is InChI=1S/C47H31NO/c1-3-15-36(16-4-1)47(37-17-5-2-6-18-37)41-20-10-12-22-45(41)49-46-31-35(24-27-42(46)47)34-25-28-44-40(30-34)39-19-9-11-21-43(39)48(44)38-26-23-32-13-7-8-14-33(32)29-38/h1-31H. The summed E-state index contributed by atoms with van der Waals surface area (Å²) in [6.45, 7) is 0. The van der Waals surface area contributed by atoms with E-state index < -0.39 is 5.41 Å². The smallest absolute Gasteiger partial charge is 0.132 e. The molecule has 0 atom stereocenters. The third-order valence-corrected chi connectivity index (χ3v) is 10.3. The lowest BCUT2D eigenvalue weighted by Gasteiger charge is -2.41. The average molecular weight is 626 g/mol. The minimum absolute atomic E-state index is 0.525. The number of aromatic nitrogens is 1. The Labute approximate surface area is 285 Å². The highest BCUT2D eigenvalue weighted by Gasteiger charge is 2.45. The highest BCUT2D eigenvalue weighted by molar-refractivity contribution is 6.10. The molecule has 0 N–H and O–H groups in total. The van der Waals surface area contributed by atoms with Gasteiger partial charge >= 0.3 is 0 Å². The lowest BCUT2D eigenvalue weighted by molar-refractivity contribution is 0.435. The molecule has 230 valence electrons. The summed E-state index contributed by atoms with van der Waals surface area (Å²) < 4.78 is 9.18. The van der Waals surface area contributed by atoms with Crippen molar-refractivity contribution in [3.63, 3.8) is 0 Å². The van der Waals surface area contributed by atoms with Gasteiger partial charge in [-0.1, -0.05) is 146 Å². The summed E-state index contributed by atoms with van der Waals surface area (Å²) in [5.41, 5.74) is 10.0. The topological polar surface area (TPSA) is 14.2 Å². The molecule has 10 rings (SSSR count). The van der Waals surface area contributed by atoms with Gasteiger partial charge in [0.05, 0.1) is 16.4 Å². The van der Waals surface area contributed by atoms with Crippen molar-refractivity contribution in [2.24, 2.45) is 0 Å². The van der Waals surface area contributed by atoms with Crippen LogP contribution in [0.1, 0.15) is 22.3 Å². The Hall–Kier alpha value is -6.38. The van der Waals surface area contributed by atoms with Crippen LogP contribution in [0.25, 0.3) is 49.4 Å². The molecule has 49 heavy (non-hydrogen) atoms. The van der Waals surface area contributed by atoms with Gasteiger partial charge in [-0.15, -0.1) is 0 Å². The summed E-state index contributed by atoms with van der Waals surface area (Å²) in [5.74, 6) is 1.76. The summed E-state index contributed by atoms with van der Waals surface area (Å²) in [7, 11) is 0. The Bertz CT molecular complexity index is 2650. The second kappa shape index (κ2) is 10.8. The zero-order chi connectivity index (χ0) is 32.4. The zero-order valence-corrected chi connectivity index (χ0v) is 26.8. The number of rotatable bonds is 4. The van der Waals surface area contributed by atoms with Crippen molar-refractivity contribution in [1.29, 1.82) is 0 Å². The minimum atomic E-state index is -0.525. The summed E-state index contributed by atoms with van der Waals surface area (Å²) in [6, 6.07) is 67.8. The molecule has 0 spiro atoms. The quantitative estimate of drug-likeness (QED) is 0.190. The molecule has 2 heterocycles. The van der Waals surface area contributed by atoms with Crippen molar-refractivity contribution < 1.29 is 4.74 Å². The lowest BCUT2D eigenvalue weighted by atomic mass is 9.63. The van der Waals surface area contributed by atoms with E-state index in [1.54, 1.807) is 0 Å². The first-order valence-corrected chi connectivity index (χ1v) is 16.8. The van der Waals surface area contributed by atoms with Crippen LogP contribution in [0.15, 0.2) is 188 Å². The number of benzene rings is 8. The molecule has 8 aromatic carbocycles. The lowest BCUT2D eigenvalue weighted by Crippen LogP contribution is -2.34. The maximum Gasteiger partial charge on any atom is 0.132 e. The Morgan fingerprint density at radius 1 is 0.388 bits per heavy atom. The molecule has 0 saturated carbocycles. The number of ether oxygens (including phenoxy) is 1. The van der Waals surface area contributed by atoms with E-state index in [0.29, 0.717) is 0 Å². The molecule has 2 nitrogen and oxygen atoms in total. The number of hydrogen-bond donors (Lipinski definition) is 0. The minimum Gasteiger partial charge on any atom is -0.457 e. The van der Waals surface area contributed by atoms with E-state index in [2.05, 4.69) is 193 Å². The second-order valence-corrected chi connectivity index (χ2v) is 12.9. The van der Waals surface area contributed by atoms with E-state index in [1.165, 1.54) is 43.7 Å². The fourth-order valence-corrected chi connectivity index (χ4v) is 8.14. The number of para-hydroxylation sites is 2. The van der Waals surface area contributed by atoms with Gasteiger partial charge < -0.3 is 9.30 Å². The highest BCUT2D eigenvalue weighted by atomic mass is 16.5. The van der Waals surface area contributed by atoms with E-state index in [-0.39, 0.29) is 0 Å². The van der Waals surface area contributed by atoms with Crippen LogP contribution < -0.4 is 4.74 Å². The first-order chi connectivity index (χ1) is 24.3. The number of nitrogens with zero attached hydrogens (tertiary/aromatic N) is 1. The van der Waals surface area contributed by atoms with Crippen LogP contribution in [0.2, 0.25) is 0 Å². The Kier molecular flexibility index (Phi) is 6.13. The summed E-state index contributed by atoms with van der Waals surface area (Å²) >= 11 is 0. The van der Waals surface area contributed by atoms with Gasteiger partial charge in [-0.05, 0) is 75.5 Å².